The quantitative estimate of drug-likeness (QED) is 0.646. The minimum absolute atomic E-state index is 0.795. The van der Waals surface area contributed by atoms with Crippen molar-refractivity contribution in [1.29, 1.82) is 9.56 Å². The number of hydrogen-bond acceptors (Lipinski definition) is 5. The van der Waals surface area contributed by atoms with Crippen LogP contribution in [0.1, 0.15) is 0 Å². The van der Waals surface area contributed by atoms with E-state index in [2.05, 4.69) is 10.1 Å². The SMILES string of the molecule is CS(=N)(=N)S(C)(=O)=NC(=O)C(N)C(F)(F)F. The Balaban J connectivity index is 5.40. The monoisotopic (exact) mass is 280 g/mol. The summed E-state index contributed by atoms with van der Waals surface area (Å²) in [6, 6.07) is -2.87. The van der Waals surface area contributed by atoms with Crippen molar-refractivity contribution in [2.75, 3.05) is 12.5 Å². The third-order valence-electron chi connectivity index (χ3n) is 1.49. The van der Waals surface area contributed by atoms with Crippen LogP contribution in [0, 0.1) is 9.56 Å². The van der Waals surface area contributed by atoms with Gasteiger partial charge in [0.25, 0.3) is 5.91 Å². The van der Waals surface area contributed by atoms with Crippen LogP contribution in [0.5, 0.6) is 0 Å². The van der Waals surface area contributed by atoms with Crippen LogP contribution in [0.2, 0.25) is 0 Å². The molecule has 0 fully saturated rings. The van der Waals surface area contributed by atoms with Gasteiger partial charge in [0.05, 0.1) is 0 Å². The number of rotatable bonds is 2. The third-order valence-corrected chi connectivity index (χ3v) is 7.18. The van der Waals surface area contributed by atoms with Crippen molar-refractivity contribution < 1.29 is 22.2 Å². The highest BCUT2D eigenvalue weighted by Gasteiger charge is 2.42. The minimum Gasteiger partial charge on any atom is -0.312 e. The van der Waals surface area contributed by atoms with Crippen LogP contribution in [-0.4, -0.2) is 34.8 Å². The molecule has 0 bridgehead atoms. The summed E-state index contributed by atoms with van der Waals surface area (Å²) >= 11 is 0. The molecule has 0 spiro atoms. The maximum absolute atomic E-state index is 12.0. The number of carbonyl (C=O) groups excluding carboxylic acids is 1. The summed E-state index contributed by atoms with van der Waals surface area (Å²) in [6.45, 7) is 0. The van der Waals surface area contributed by atoms with Crippen LogP contribution >= 0.6 is 0 Å². The molecule has 16 heavy (non-hydrogen) atoms. The first-order valence-electron chi connectivity index (χ1n) is 3.65. The molecular formula is C5H11F3N4O2S2. The lowest BCUT2D eigenvalue weighted by Gasteiger charge is -2.13. The number of carbonyl (C=O) groups is 1. The largest absolute Gasteiger partial charge is 0.412 e. The van der Waals surface area contributed by atoms with E-state index in [9.17, 15) is 22.2 Å². The average molecular weight is 280 g/mol. The molecule has 0 aliphatic heterocycles. The predicted octanol–water partition coefficient (Wildman–Crippen LogP) is 0.724. The Morgan fingerprint density at radius 1 is 1.38 bits per heavy atom. The molecule has 96 valence electrons. The van der Waals surface area contributed by atoms with Crippen molar-refractivity contribution in [2.24, 2.45) is 10.1 Å². The van der Waals surface area contributed by atoms with E-state index in [1.54, 1.807) is 0 Å². The summed E-state index contributed by atoms with van der Waals surface area (Å²) < 4.78 is 64.5. The second-order valence-corrected chi connectivity index (χ2v) is 10.2. The molecule has 11 heteroatoms. The number of hydrogen-bond donors (Lipinski definition) is 3. The summed E-state index contributed by atoms with van der Waals surface area (Å²) in [5.74, 6) is -1.82. The van der Waals surface area contributed by atoms with E-state index >= 15 is 0 Å². The maximum Gasteiger partial charge on any atom is 0.412 e. The maximum atomic E-state index is 12.0. The molecule has 0 aliphatic rings. The molecule has 0 aromatic carbocycles. The van der Waals surface area contributed by atoms with Crippen LogP contribution in [0.4, 0.5) is 13.2 Å². The topological polar surface area (TPSA) is 120 Å². The van der Waals surface area contributed by atoms with Crippen molar-refractivity contribution in [1.82, 2.24) is 0 Å². The van der Waals surface area contributed by atoms with E-state index < -0.39 is 35.5 Å². The van der Waals surface area contributed by atoms with E-state index in [4.69, 9.17) is 9.56 Å². The second kappa shape index (κ2) is 4.30. The molecular weight excluding hydrogens is 269 g/mol. The van der Waals surface area contributed by atoms with Gasteiger partial charge in [-0.15, -0.1) is 4.36 Å². The van der Waals surface area contributed by atoms with Gasteiger partial charge in [-0.2, -0.15) is 13.2 Å². The Morgan fingerprint density at radius 3 is 2.00 bits per heavy atom. The molecule has 0 aromatic rings. The van der Waals surface area contributed by atoms with E-state index in [0.29, 0.717) is 0 Å². The van der Waals surface area contributed by atoms with E-state index in [-0.39, 0.29) is 0 Å². The summed E-state index contributed by atoms with van der Waals surface area (Å²) in [6.07, 6.45) is -3.25. The number of nitrogens with one attached hydrogen (secondary N) is 2. The highest BCUT2D eigenvalue weighted by Crippen LogP contribution is 2.20. The highest BCUT2D eigenvalue weighted by molar-refractivity contribution is 8.68. The van der Waals surface area contributed by atoms with Gasteiger partial charge < -0.3 is 5.73 Å². The average Bonchev–Trinajstić information content (AvgIpc) is 1.97. The van der Waals surface area contributed by atoms with Crippen molar-refractivity contribution in [3.8, 4) is 0 Å². The Kier molecular flexibility index (Phi) is 4.11. The van der Waals surface area contributed by atoms with Gasteiger partial charge in [-0.3, -0.25) is 14.4 Å². The van der Waals surface area contributed by atoms with Crippen LogP contribution < -0.4 is 5.73 Å². The fraction of sp³-hybridized carbons (Fsp3) is 0.800. The summed E-state index contributed by atoms with van der Waals surface area (Å²) in [7, 11) is -6.90. The van der Waals surface area contributed by atoms with Crippen molar-refractivity contribution in [2.45, 2.75) is 12.2 Å². The van der Waals surface area contributed by atoms with Gasteiger partial charge in [0.15, 0.2) is 6.04 Å². The Labute approximate surface area is 90.4 Å². The lowest BCUT2D eigenvalue weighted by Crippen LogP contribution is -2.43. The lowest BCUT2D eigenvalue weighted by molar-refractivity contribution is -0.160. The van der Waals surface area contributed by atoms with Crippen molar-refractivity contribution in [3.63, 3.8) is 0 Å². The Hall–Kier alpha value is -0.680. The highest BCUT2D eigenvalue weighted by atomic mass is 33.2. The number of nitrogens with two attached hydrogens (primary N) is 1. The molecule has 6 nitrogen and oxygen atoms in total. The van der Waals surface area contributed by atoms with Crippen LogP contribution in [0.25, 0.3) is 0 Å². The van der Waals surface area contributed by atoms with Gasteiger partial charge in [0, 0.05) is 21.2 Å². The number of halogens is 3. The molecule has 0 radical (unpaired) electrons. The van der Waals surface area contributed by atoms with Gasteiger partial charge in [-0.1, -0.05) is 0 Å². The first kappa shape index (κ1) is 15.3. The van der Waals surface area contributed by atoms with Crippen LogP contribution in [0.3, 0.4) is 0 Å². The lowest BCUT2D eigenvalue weighted by atomic mass is 10.3. The van der Waals surface area contributed by atoms with Gasteiger partial charge in [-0.25, -0.2) is 4.21 Å². The number of alkyl halides is 3. The first-order valence-corrected chi connectivity index (χ1v) is 8.13. The zero-order valence-corrected chi connectivity index (χ0v) is 10.0. The fourth-order valence-corrected chi connectivity index (χ4v) is 1.69. The number of amides is 1. The number of nitrogens with zero attached hydrogens (tertiary/aromatic N) is 1. The van der Waals surface area contributed by atoms with Gasteiger partial charge >= 0.3 is 6.18 Å². The minimum atomic E-state index is -4.98. The van der Waals surface area contributed by atoms with Crippen LogP contribution in [-0.2, 0) is 22.2 Å². The normalized spacial score (nSPS) is 18.6. The van der Waals surface area contributed by atoms with E-state index in [0.717, 1.165) is 12.5 Å². The van der Waals surface area contributed by atoms with Crippen LogP contribution in [0.15, 0.2) is 4.36 Å². The summed E-state index contributed by atoms with van der Waals surface area (Å²) in [4.78, 5) is 10.9. The van der Waals surface area contributed by atoms with Gasteiger partial charge in [0.1, 0.15) is 8.76 Å². The molecule has 4 N–H and O–H groups in total. The second-order valence-electron chi connectivity index (χ2n) is 3.03. The summed E-state index contributed by atoms with van der Waals surface area (Å²) in [5.41, 5.74) is 4.54. The molecule has 0 aromatic heterocycles. The van der Waals surface area contributed by atoms with Crippen molar-refractivity contribution in [3.05, 3.63) is 0 Å². The molecule has 0 heterocycles. The molecule has 1 amide bonds. The Bertz CT molecular complexity index is 500. The zero-order valence-electron chi connectivity index (χ0n) is 8.37. The van der Waals surface area contributed by atoms with Crippen molar-refractivity contribution >= 4 is 23.3 Å². The standard InChI is InChI=1S/C5H11F3N4O2S2/c1-15(10,11)16(2,14)12-4(13)3(9)5(6,7)8/h3,10-11H,9H2,1-2H3. The van der Waals surface area contributed by atoms with E-state index in [1.807, 2.05) is 0 Å². The van der Waals surface area contributed by atoms with Gasteiger partial charge in [0.2, 0.25) is 0 Å². The molecule has 2 unspecified atom stereocenters. The predicted molar refractivity (Wildman–Crippen MR) is 54.3 cm³/mol. The molecule has 0 rings (SSSR count). The Morgan fingerprint density at radius 2 is 1.75 bits per heavy atom. The zero-order chi connectivity index (χ0) is 13.4. The fourth-order valence-electron chi connectivity index (χ4n) is 0.435. The van der Waals surface area contributed by atoms with E-state index in [1.165, 1.54) is 0 Å². The molecule has 0 saturated carbocycles. The summed E-state index contributed by atoms with van der Waals surface area (Å²) in [5, 5.41) is 0. The molecule has 0 aliphatic carbocycles. The first-order chi connectivity index (χ1) is 6.79. The smallest absolute Gasteiger partial charge is 0.312 e. The van der Waals surface area contributed by atoms with Gasteiger partial charge in [-0.05, 0) is 0 Å². The third kappa shape index (κ3) is 3.72. The molecule has 0 saturated heterocycles. The molecule has 2 atom stereocenters.